The Balaban J connectivity index is 2.85. The fourth-order valence-corrected chi connectivity index (χ4v) is 1.83. The predicted molar refractivity (Wildman–Crippen MR) is 67.7 cm³/mol. The van der Waals surface area contributed by atoms with Gasteiger partial charge in [0.25, 0.3) is 0 Å². The van der Waals surface area contributed by atoms with Crippen molar-refractivity contribution in [2.45, 2.75) is 25.7 Å². The van der Waals surface area contributed by atoms with Gasteiger partial charge in [-0.05, 0) is 40.5 Å². The van der Waals surface area contributed by atoms with Crippen molar-refractivity contribution in [1.29, 1.82) is 0 Å². The van der Waals surface area contributed by atoms with E-state index in [1.807, 2.05) is 0 Å². The van der Waals surface area contributed by atoms with E-state index in [2.05, 4.69) is 26.0 Å². The van der Waals surface area contributed by atoms with Gasteiger partial charge in [-0.15, -0.1) is 13.2 Å². The van der Waals surface area contributed by atoms with Gasteiger partial charge in [-0.1, -0.05) is 6.92 Å². The van der Waals surface area contributed by atoms with Crippen LogP contribution in [0.5, 0.6) is 5.75 Å². The summed E-state index contributed by atoms with van der Waals surface area (Å²) in [4.78, 5) is 11.0. The monoisotopic (exact) mass is 340 g/mol. The Morgan fingerprint density at radius 3 is 2.58 bits per heavy atom. The van der Waals surface area contributed by atoms with Crippen molar-refractivity contribution in [2.24, 2.45) is 5.73 Å². The second-order valence-electron chi connectivity index (χ2n) is 3.70. The van der Waals surface area contributed by atoms with Gasteiger partial charge in [-0.3, -0.25) is 4.79 Å². The van der Waals surface area contributed by atoms with Gasteiger partial charge < -0.3 is 15.8 Å². The van der Waals surface area contributed by atoms with Crippen molar-refractivity contribution in [3.05, 3.63) is 22.7 Å². The quantitative estimate of drug-likeness (QED) is 0.865. The number of anilines is 1. The number of carbonyl (C=O) groups is 1. The number of alkyl halides is 3. The minimum Gasteiger partial charge on any atom is -0.405 e. The smallest absolute Gasteiger partial charge is 0.405 e. The Bertz CT molecular complexity index is 466. The number of amides is 1. The third kappa shape index (κ3) is 4.98. The molecule has 3 N–H and O–H groups in total. The van der Waals surface area contributed by atoms with Crippen molar-refractivity contribution < 1.29 is 22.7 Å². The van der Waals surface area contributed by atoms with Gasteiger partial charge in [-0.2, -0.15) is 0 Å². The molecule has 0 radical (unpaired) electrons. The molecule has 1 rings (SSSR count). The van der Waals surface area contributed by atoms with Crippen LogP contribution < -0.4 is 15.8 Å². The summed E-state index contributed by atoms with van der Waals surface area (Å²) in [5.74, 6) is -0.889. The molecule has 0 aromatic heterocycles. The number of hydrogen-bond donors (Lipinski definition) is 2. The molecule has 1 unspecified atom stereocenters. The number of hydrogen-bond acceptors (Lipinski definition) is 3. The molecule has 0 heterocycles. The van der Waals surface area contributed by atoms with E-state index in [1.165, 1.54) is 12.1 Å². The topological polar surface area (TPSA) is 64.3 Å². The number of rotatable bonds is 5. The lowest BCUT2D eigenvalue weighted by Gasteiger charge is -2.16. The average molecular weight is 341 g/mol. The molecular formula is C11H12BrF3N2O2. The fourth-order valence-electron chi connectivity index (χ4n) is 1.37. The maximum Gasteiger partial charge on any atom is 0.573 e. The van der Waals surface area contributed by atoms with Crippen LogP contribution >= 0.6 is 15.9 Å². The molecule has 1 aromatic carbocycles. The summed E-state index contributed by atoms with van der Waals surface area (Å²) < 4.78 is 40.1. The zero-order valence-corrected chi connectivity index (χ0v) is 11.5. The molecule has 19 heavy (non-hydrogen) atoms. The SMILES string of the molecule is CCC(Nc1ccc(OC(F)(F)F)c(Br)c1)C(N)=O. The lowest BCUT2D eigenvalue weighted by molar-refractivity contribution is -0.274. The predicted octanol–water partition coefficient (Wildman–Crippen LogP) is 3.02. The maximum absolute atomic E-state index is 12.1. The first-order valence-electron chi connectivity index (χ1n) is 5.34. The highest BCUT2D eigenvalue weighted by Crippen LogP contribution is 2.32. The van der Waals surface area contributed by atoms with Crippen molar-refractivity contribution in [1.82, 2.24) is 0 Å². The molecule has 106 valence electrons. The van der Waals surface area contributed by atoms with Crippen LogP contribution in [0.4, 0.5) is 18.9 Å². The summed E-state index contributed by atoms with van der Waals surface area (Å²) in [5.41, 5.74) is 5.62. The highest BCUT2D eigenvalue weighted by Gasteiger charge is 2.32. The van der Waals surface area contributed by atoms with Crippen LogP contribution in [0.3, 0.4) is 0 Å². The molecule has 0 aliphatic carbocycles. The van der Waals surface area contributed by atoms with E-state index < -0.39 is 18.3 Å². The average Bonchev–Trinajstić information content (AvgIpc) is 2.27. The molecule has 0 aliphatic heterocycles. The molecule has 0 saturated carbocycles. The molecule has 0 bridgehead atoms. The van der Waals surface area contributed by atoms with Gasteiger partial charge in [-0.25, -0.2) is 0 Å². The number of benzene rings is 1. The van der Waals surface area contributed by atoms with Crippen LogP contribution in [-0.4, -0.2) is 18.3 Å². The van der Waals surface area contributed by atoms with Crippen LogP contribution in [0.2, 0.25) is 0 Å². The molecule has 1 amide bonds. The standard InChI is InChI=1S/C11H12BrF3N2O2/c1-2-8(10(16)18)17-6-3-4-9(7(12)5-6)19-11(13,14)15/h3-5,8,17H,2H2,1H3,(H2,16,18). The third-order valence-electron chi connectivity index (χ3n) is 2.25. The summed E-state index contributed by atoms with van der Waals surface area (Å²) in [5, 5.41) is 2.82. The summed E-state index contributed by atoms with van der Waals surface area (Å²) in [7, 11) is 0. The van der Waals surface area contributed by atoms with Crippen molar-refractivity contribution in [3.8, 4) is 5.75 Å². The number of carbonyl (C=O) groups excluding carboxylic acids is 1. The van der Waals surface area contributed by atoms with Gasteiger partial charge >= 0.3 is 6.36 Å². The minimum atomic E-state index is -4.75. The van der Waals surface area contributed by atoms with E-state index in [1.54, 1.807) is 6.92 Å². The molecule has 1 aromatic rings. The van der Waals surface area contributed by atoms with E-state index >= 15 is 0 Å². The minimum absolute atomic E-state index is 0.120. The van der Waals surface area contributed by atoms with Crippen LogP contribution in [0.25, 0.3) is 0 Å². The maximum atomic E-state index is 12.1. The zero-order valence-electron chi connectivity index (χ0n) is 9.92. The van der Waals surface area contributed by atoms with Crippen molar-refractivity contribution >= 4 is 27.5 Å². The first-order chi connectivity index (χ1) is 8.73. The lowest BCUT2D eigenvalue weighted by Crippen LogP contribution is -2.34. The van der Waals surface area contributed by atoms with Gasteiger partial charge in [0.1, 0.15) is 11.8 Å². The summed E-state index contributed by atoms with van der Waals surface area (Å²) in [6.07, 6.45) is -4.29. The van der Waals surface area contributed by atoms with E-state index in [0.29, 0.717) is 12.1 Å². The molecule has 0 spiro atoms. The highest BCUT2D eigenvalue weighted by molar-refractivity contribution is 9.10. The Morgan fingerprint density at radius 1 is 1.53 bits per heavy atom. The van der Waals surface area contributed by atoms with E-state index in [0.717, 1.165) is 6.07 Å². The number of nitrogens with one attached hydrogen (secondary N) is 1. The first kappa shape index (κ1) is 15.6. The fraction of sp³-hybridized carbons (Fsp3) is 0.364. The van der Waals surface area contributed by atoms with Crippen molar-refractivity contribution in [3.63, 3.8) is 0 Å². The second kappa shape index (κ2) is 6.14. The summed E-state index contributed by atoms with van der Waals surface area (Å²) in [6, 6.07) is 3.32. The molecule has 1 atom stereocenters. The Labute approximate surface area is 116 Å². The summed E-state index contributed by atoms with van der Waals surface area (Å²) >= 11 is 2.97. The Hall–Kier alpha value is -1.44. The van der Waals surface area contributed by atoms with Crippen LogP contribution in [-0.2, 0) is 4.79 Å². The second-order valence-corrected chi connectivity index (χ2v) is 4.55. The molecule has 4 nitrogen and oxygen atoms in total. The molecule has 8 heteroatoms. The van der Waals surface area contributed by atoms with Crippen LogP contribution in [0, 0.1) is 0 Å². The lowest BCUT2D eigenvalue weighted by atomic mass is 10.2. The summed E-state index contributed by atoms with van der Waals surface area (Å²) in [6.45, 7) is 1.76. The Kier molecular flexibility index (Phi) is 5.04. The first-order valence-corrected chi connectivity index (χ1v) is 6.13. The van der Waals surface area contributed by atoms with Crippen molar-refractivity contribution in [2.75, 3.05) is 5.32 Å². The van der Waals surface area contributed by atoms with Crippen LogP contribution in [0.15, 0.2) is 22.7 Å². The zero-order chi connectivity index (χ0) is 14.6. The third-order valence-corrected chi connectivity index (χ3v) is 2.87. The molecule has 0 fully saturated rings. The van der Waals surface area contributed by atoms with Gasteiger partial charge in [0.05, 0.1) is 4.47 Å². The number of ether oxygens (including phenoxy) is 1. The number of primary amides is 1. The van der Waals surface area contributed by atoms with Gasteiger partial charge in [0, 0.05) is 5.69 Å². The van der Waals surface area contributed by atoms with Crippen LogP contribution in [0.1, 0.15) is 13.3 Å². The molecule has 0 saturated heterocycles. The molecular weight excluding hydrogens is 329 g/mol. The van der Waals surface area contributed by atoms with Gasteiger partial charge in [0.15, 0.2) is 0 Å². The molecule has 0 aliphatic rings. The van der Waals surface area contributed by atoms with Gasteiger partial charge in [0.2, 0.25) is 5.91 Å². The van der Waals surface area contributed by atoms with E-state index in [4.69, 9.17) is 5.73 Å². The largest absolute Gasteiger partial charge is 0.573 e. The number of nitrogens with two attached hydrogens (primary N) is 1. The van der Waals surface area contributed by atoms with E-state index in [9.17, 15) is 18.0 Å². The Morgan fingerprint density at radius 2 is 2.16 bits per heavy atom. The normalized spacial score (nSPS) is 12.9. The van der Waals surface area contributed by atoms with E-state index in [-0.39, 0.29) is 10.2 Å². The number of halogens is 4. The highest BCUT2D eigenvalue weighted by atomic mass is 79.9.